The Morgan fingerprint density at radius 2 is 1.92 bits per heavy atom. The SMILES string of the molecule is CCN(C(=O)[C@@H](C)S(=O)(=O)CCCN1C(=O)CNC1=O)c1ccccc1. The van der Waals surface area contributed by atoms with Gasteiger partial charge in [-0.05, 0) is 32.4 Å². The van der Waals surface area contributed by atoms with Crippen LogP contribution in [0, 0.1) is 0 Å². The molecule has 0 unspecified atom stereocenters. The van der Waals surface area contributed by atoms with Gasteiger partial charge in [-0.3, -0.25) is 14.5 Å². The zero-order chi connectivity index (χ0) is 19.3. The molecule has 26 heavy (non-hydrogen) atoms. The fourth-order valence-corrected chi connectivity index (χ4v) is 4.05. The van der Waals surface area contributed by atoms with Crippen molar-refractivity contribution in [2.45, 2.75) is 25.5 Å². The molecule has 1 aliphatic rings. The maximum absolute atomic E-state index is 12.7. The van der Waals surface area contributed by atoms with E-state index in [0.717, 1.165) is 4.90 Å². The lowest BCUT2D eigenvalue weighted by molar-refractivity contribution is -0.125. The maximum atomic E-state index is 12.7. The first-order valence-corrected chi connectivity index (χ1v) is 10.2. The molecule has 142 valence electrons. The molecule has 0 saturated carbocycles. The predicted molar refractivity (Wildman–Crippen MR) is 97.4 cm³/mol. The predicted octanol–water partition coefficient (Wildman–Crippen LogP) is 0.785. The maximum Gasteiger partial charge on any atom is 0.324 e. The molecule has 0 radical (unpaired) electrons. The van der Waals surface area contributed by atoms with Crippen LogP contribution in [0.2, 0.25) is 0 Å². The molecule has 2 rings (SSSR count). The zero-order valence-electron chi connectivity index (χ0n) is 14.8. The minimum atomic E-state index is -3.71. The molecule has 1 aromatic rings. The Bertz CT molecular complexity index is 763. The minimum Gasteiger partial charge on any atom is -0.329 e. The van der Waals surface area contributed by atoms with E-state index in [-0.39, 0.29) is 31.2 Å². The highest BCUT2D eigenvalue weighted by atomic mass is 32.2. The molecule has 1 N–H and O–H groups in total. The van der Waals surface area contributed by atoms with E-state index in [1.54, 1.807) is 31.2 Å². The number of sulfone groups is 1. The van der Waals surface area contributed by atoms with Crippen LogP contribution in [0.25, 0.3) is 0 Å². The van der Waals surface area contributed by atoms with Crippen LogP contribution in [0.3, 0.4) is 0 Å². The van der Waals surface area contributed by atoms with Gasteiger partial charge in [0.05, 0.1) is 12.3 Å². The third-order valence-electron chi connectivity index (χ3n) is 4.28. The third-order valence-corrected chi connectivity index (χ3v) is 6.42. The molecule has 0 aliphatic carbocycles. The summed E-state index contributed by atoms with van der Waals surface area (Å²) in [5, 5.41) is 1.17. The van der Waals surface area contributed by atoms with E-state index in [2.05, 4.69) is 5.32 Å². The summed E-state index contributed by atoms with van der Waals surface area (Å²) < 4.78 is 25.0. The number of urea groups is 1. The van der Waals surface area contributed by atoms with Crippen molar-refractivity contribution >= 4 is 33.4 Å². The summed E-state index contributed by atoms with van der Waals surface area (Å²) in [5.41, 5.74) is 0.640. The second-order valence-electron chi connectivity index (χ2n) is 5.98. The number of imide groups is 1. The number of rotatable bonds is 8. The molecule has 1 aromatic carbocycles. The Morgan fingerprint density at radius 3 is 2.46 bits per heavy atom. The van der Waals surface area contributed by atoms with Crippen molar-refractivity contribution in [3.05, 3.63) is 30.3 Å². The van der Waals surface area contributed by atoms with E-state index in [0.29, 0.717) is 12.2 Å². The molecule has 1 atom stereocenters. The Hall–Kier alpha value is -2.42. The summed E-state index contributed by atoms with van der Waals surface area (Å²) in [7, 11) is -3.71. The van der Waals surface area contributed by atoms with Crippen LogP contribution < -0.4 is 10.2 Å². The van der Waals surface area contributed by atoms with Gasteiger partial charge in [0.25, 0.3) is 0 Å². The molecule has 4 amide bonds. The number of hydrogen-bond acceptors (Lipinski definition) is 5. The number of benzene rings is 1. The number of amides is 4. The van der Waals surface area contributed by atoms with Crippen LogP contribution in [0.5, 0.6) is 0 Å². The van der Waals surface area contributed by atoms with E-state index in [9.17, 15) is 22.8 Å². The van der Waals surface area contributed by atoms with Gasteiger partial charge < -0.3 is 10.2 Å². The normalized spacial score (nSPS) is 15.7. The average Bonchev–Trinajstić information content (AvgIpc) is 2.94. The van der Waals surface area contributed by atoms with Crippen molar-refractivity contribution in [1.29, 1.82) is 0 Å². The van der Waals surface area contributed by atoms with Crippen molar-refractivity contribution in [3.63, 3.8) is 0 Å². The van der Waals surface area contributed by atoms with Crippen molar-refractivity contribution < 1.29 is 22.8 Å². The van der Waals surface area contributed by atoms with Gasteiger partial charge in [0, 0.05) is 18.8 Å². The van der Waals surface area contributed by atoms with E-state index in [1.807, 2.05) is 6.07 Å². The minimum absolute atomic E-state index is 0.0149. The topological polar surface area (TPSA) is 104 Å². The number of carbonyl (C=O) groups excluding carboxylic acids is 3. The highest BCUT2D eigenvalue weighted by Crippen LogP contribution is 2.17. The first-order valence-electron chi connectivity index (χ1n) is 8.44. The Labute approximate surface area is 153 Å². The molecular formula is C17H23N3O5S. The van der Waals surface area contributed by atoms with Gasteiger partial charge in [0.1, 0.15) is 5.25 Å². The lowest BCUT2D eigenvalue weighted by Gasteiger charge is -2.24. The molecule has 8 nitrogen and oxygen atoms in total. The molecule has 1 heterocycles. The largest absolute Gasteiger partial charge is 0.329 e. The van der Waals surface area contributed by atoms with E-state index in [4.69, 9.17) is 0 Å². The Kier molecular flexibility index (Phi) is 6.36. The molecule has 1 fully saturated rings. The zero-order valence-corrected chi connectivity index (χ0v) is 15.7. The molecule has 0 spiro atoms. The van der Waals surface area contributed by atoms with Crippen molar-refractivity contribution in [3.8, 4) is 0 Å². The van der Waals surface area contributed by atoms with Gasteiger partial charge in [-0.25, -0.2) is 13.2 Å². The molecule has 0 bridgehead atoms. The first-order chi connectivity index (χ1) is 12.3. The standard InChI is InChI=1S/C17H23N3O5S/c1-3-19(14-8-5-4-6-9-14)16(22)13(2)26(24,25)11-7-10-20-15(21)12-18-17(20)23/h4-6,8-9,13H,3,7,10-12H2,1-2H3,(H,18,23)/t13-/m1/s1. The van der Waals surface area contributed by atoms with Crippen LogP contribution in [0.4, 0.5) is 10.5 Å². The highest BCUT2D eigenvalue weighted by molar-refractivity contribution is 7.92. The van der Waals surface area contributed by atoms with Gasteiger partial charge in [-0.1, -0.05) is 18.2 Å². The fraction of sp³-hybridized carbons (Fsp3) is 0.471. The summed E-state index contributed by atoms with van der Waals surface area (Å²) in [4.78, 5) is 38.0. The van der Waals surface area contributed by atoms with E-state index >= 15 is 0 Å². The quantitative estimate of drug-likeness (QED) is 0.671. The number of nitrogens with zero attached hydrogens (tertiary/aromatic N) is 2. The number of carbonyl (C=O) groups is 3. The molecule has 1 aliphatic heterocycles. The number of anilines is 1. The lowest BCUT2D eigenvalue weighted by Crippen LogP contribution is -2.43. The van der Waals surface area contributed by atoms with Crippen molar-refractivity contribution in [2.75, 3.05) is 30.3 Å². The lowest BCUT2D eigenvalue weighted by atomic mass is 10.2. The smallest absolute Gasteiger partial charge is 0.324 e. The van der Waals surface area contributed by atoms with Crippen LogP contribution in [-0.4, -0.2) is 61.8 Å². The van der Waals surface area contributed by atoms with Crippen LogP contribution >= 0.6 is 0 Å². The number of nitrogens with one attached hydrogen (secondary N) is 1. The van der Waals surface area contributed by atoms with Gasteiger partial charge in [-0.2, -0.15) is 0 Å². The second kappa shape index (κ2) is 8.31. The molecule has 1 saturated heterocycles. The van der Waals surface area contributed by atoms with Crippen molar-refractivity contribution in [1.82, 2.24) is 10.2 Å². The van der Waals surface area contributed by atoms with Gasteiger partial charge in [-0.15, -0.1) is 0 Å². The van der Waals surface area contributed by atoms with Crippen LogP contribution in [-0.2, 0) is 19.4 Å². The summed E-state index contributed by atoms with van der Waals surface area (Å²) in [6, 6.07) is 8.36. The van der Waals surface area contributed by atoms with Gasteiger partial charge in [0.15, 0.2) is 9.84 Å². The van der Waals surface area contributed by atoms with Gasteiger partial charge >= 0.3 is 6.03 Å². The summed E-state index contributed by atoms with van der Waals surface area (Å²) in [6.07, 6.45) is 0.0938. The average molecular weight is 381 g/mol. The van der Waals surface area contributed by atoms with Gasteiger partial charge in [0.2, 0.25) is 11.8 Å². The van der Waals surface area contributed by atoms with E-state index in [1.165, 1.54) is 11.8 Å². The Morgan fingerprint density at radius 1 is 1.27 bits per heavy atom. The second-order valence-corrected chi connectivity index (χ2v) is 8.43. The molecule has 9 heteroatoms. The molecular weight excluding hydrogens is 358 g/mol. The number of hydrogen-bond donors (Lipinski definition) is 1. The third kappa shape index (κ3) is 4.40. The Balaban J connectivity index is 1.99. The summed E-state index contributed by atoms with van der Waals surface area (Å²) in [6.45, 7) is 3.45. The van der Waals surface area contributed by atoms with E-state index < -0.39 is 27.0 Å². The molecule has 0 aromatic heterocycles. The summed E-state index contributed by atoms with van der Waals surface area (Å²) in [5.74, 6) is -1.14. The van der Waals surface area contributed by atoms with Crippen LogP contribution in [0.1, 0.15) is 20.3 Å². The van der Waals surface area contributed by atoms with Crippen LogP contribution in [0.15, 0.2) is 30.3 Å². The number of para-hydroxylation sites is 1. The monoisotopic (exact) mass is 381 g/mol. The first kappa shape index (κ1) is 19.9. The van der Waals surface area contributed by atoms with Crippen molar-refractivity contribution in [2.24, 2.45) is 0 Å². The highest BCUT2D eigenvalue weighted by Gasteiger charge is 2.33. The summed E-state index contributed by atoms with van der Waals surface area (Å²) >= 11 is 0. The fourth-order valence-electron chi connectivity index (χ4n) is 2.73.